The van der Waals surface area contributed by atoms with E-state index in [1.54, 1.807) is 29.3 Å². The van der Waals surface area contributed by atoms with Gasteiger partial charge in [-0.3, -0.25) is 4.79 Å². The number of rotatable bonds is 4. The maximum absolute atomic E-state index is 13.3. The number of amides is 1. The van der Waals surface area contributed by atoms with E-state index in [2.05, 4.69) is 20.2 Å². The fraction of sp³-hybridized carbons (Fsp3) is 0.389. The van der Waals surface area contributed by atoms with E-state index in [9.17, 15) is 14.8 Å². The molecule has 2 aliphatic rings. The van der Waals surface area contributed by atoms with Gasteiger partial charge in [-0.1, -0.05) is 12.1 Å². The van der Waals surface area contributed by atoms with Crippen LogP contribution in [-0.2, 0) is 0 Å². The maximum atomic E-state index is 13.3. The van der Waals surface area contributed by atoms with Crippen LogP contribution in [0.4, 0.5) is 17.5 Å². The van der Waals surface area contributed by atoms with E-state index in [4.69, 9.17) is 0 Å². The van der Waals surface area contributed by atoms with Gasteiger partial charge in [0, 0.05) is 37.6 Å². The third-order valence-electron chi connectivity index (χ3n) is 5.10. The molecule has 4 rings (SSSR count). The Morgan fingerprint density at radius 3 is 3.00 bits per heavy atom. The molecule has 0 unspecified atom stereocenters. The summed E-state index contributed by atoms with van der Waals surface area (Å²) in [4.78, 5) is 26.1. The van der Waals surface area contributed by atoms with Crippen molar-refractivity contribution in [3.8, 4) is 0 Å². The number of aromatic nitrogens is 2. The van der Waals surface area contributed by atoms with Crippen LogP contribution in [0.25, 0.3) is 0 Å². The highest BCUT2D eigenvalue weighted by molar-refractivity contribution is 6.58. The van der Waals surface area contributed by atoms with Gasteiger partial charge in [-0.05, 0) is 37.4 Å². The predicted molar refractivity (Wildman–Crippen MR) is 105 cm³/mol. The number of carbonyl (C=O) groups excluding carboxylic acids is 1. The lowest BCUT2D eigenvalue weighted by molar-refractivity contribution is 0.0988. The average Bonchev–Trinajstić information content (AvgIpc) is 3.10. The summed E-state index contributed by atoms with van der Waals surface area (Å²) in [6.45, 7) is 4.06. The van der Waals surface area contributed by atoms with Crippen LogP contribution in [0.5, 0.6) is 0 Å². The molecule has 1 saturated heterocycles. The van der Waals surface area contributed by atoms with Gasteiger partial charge in [0.05, 0.1) is 0 Å². The molecule has 3 heterocycles. The standard InChI is InChI=1S/C18H22BN5O3/c1-2-20-18-21-10-15-16(22-18)23-8-4-7-14(23)11-24(17(15)25)13-6-3-5-12(9-13)19(26)27/h3,5-6,9-10,14,26-27H,2,4,7-8,11H2,1H3,(H,20,21,22)/t14-/m0/s1. The Morgan fingerprint density at radius 1 is 1.37 bits per heavy atom. The van der Waals surface area contributed by atoms with Gasteiger partial charge in [-0.15, -0.1) is 0 Å². The predicted octanol–water partition coefficient (Wildman–Crippen LogP) is 0.217. The van der Waals surface area contributed by atoms with Crippen LogP contribution in [-0.4, -0.2) is 58.7 Å². The molecule has 0 radical (unpaired) electrons. The van der Waals surface area contributed by atoms with E-state index in [0.717, 1.165) is 19.4 Å². The van der Waals surface area contributed by atoms with Crippen molar-refractivity contribution in [2.45, 2.75) is 25.8 Å². The molecule has 1 amide bonds. The van der Waals surface area contributed by atoms with Crippen LogP contribution >= 0.6 is 0 Å². The van der Waals surface area contributed by atoms with Gasteiger partial charge in [-0.2, -0.15) is 4.98 Å². The molecule has 1 fully saturated rings. The molecule has 1 atom stereocenters. The number of carbonyl (C=O) groups is 1. The Bertz CT molecular complexity index is 863. The molecule has 2 aromatic rings. The fourth-order valence-corrected chi connectivity index (χ4v) is 3.81. The first-order valence-electron chi connectivity index (χ1n) is 9.24. The summed E-state index contributed by atoms with van der Waals surface area (Å²) in [6.07, 6.45) is 3.61. The summed E-state index contributed by atoms with van der Waals surface area (Å²) in [5.74, 6) is 1.02. The Labute approximate surface area is 158 Å². The van der Waals surface area contributed by atoms with E-state index in [1.165, 1.54) is 0 Å². The van der Waals surface area contributed by atoms with E-state index in [-0.39, 0.29) is 11.9 Å². The number of fused-ring (bicyclic) bond motifs is 3. The molecular weight excluding hydrogens is 345 g/mol. The summed E-state index contributed by atoms with van der Waals surface area (Å²) in [5, 5.41) is 22.1. The molecule has 27 heavy (non-hydrogen) atoms. The second-order valence-corrected chi connectivity index (χ2v) is 6.84. The van der Waals surface area contributed by atoms with Crippen LogP contribution in [0.15, 0.2) is 30.5 Å². The van der Waals surface area contributed by atoms with Crippen LogP contribution in [0.1, 0.15) is 30.1 Å². The monoisotopic (exact) mass is 367 g/mol. The molecular formula is C18H22BN5O3. The fourth-order valence-electron chi connectivity index (χ4n) is 3.81. The lowest BCUT2D eigenvalue weighted by Gasteiger charge is -2.27. The number of benzene rings is 1. The van der Waals surface area contributed by atoms with Crippen molar-refractivity contribution in [3.63, 3.8) is 0 Å². The Morgan fingerprint density at radius 2 is 2.22 bits per heavy atom. The first kappa shape index (κ1) is 17.8. The third kappa shape index (κ3) is 3.24. The first-order chi connectivity index (χ1) is 13.1. The Balaban J connectivity index is 1.78. The second kappa shape index (κ2) is 7.17. The minimum Gasteiger partial charge on any atom is -0.423 e. The number of hydrogen-bond donors (Lipinski definition) is 3. The van der Waals surface area contributed by atoms with Gasteiger partial charge in [-0.25, -0.2) is 4.98 Å². The van der Waals surface area contributed by atoms with Crippen molar-refractivity contribution in [2.24, 2.45) is 0 Å². The Hall–Kier alpha value is -2.65. The number of anilines is 3. The van der Waals surface area contributed by atoms with Gasteiger partial charge in [0.1, 0.15) is 11.4 Å². The topological polar surface area (TPSA) is 102 Å². The van der Waals surface area contributed by atoms with Crippen LogP contribution in [0.2, 0.25) is 0 Å². The zero-order valence-electron chi connectivity index (χ0n) is 15.2. The summed E-state index contributed by atoms with van der Waals surface area (Å²) in [5.41, 5.74) is 1.46. The summed E-state index contributed by atoms with van der Waals surface area (Å²) >= 11 is 0. The molecule has 1 aromatic carbocycles. The van der Waals surface area contributed by atoms with E-state index in [0.29, 0.717) is 41.6 Å². The van der Waals surface area contributed by atoms with Crippen molar-refractivity contribution < 1.29 is 14.8 Å². The molecule has 1 aromatic heterocycles. The van der Waals surface area contributed by atoms with E-state index in [1.807, 2.05) is 13.0 Å². The van der Waals surface area contributed by atoms with Crippen molar-refractivity contribution in [1.29, 1.82) is 0 Å². The van der Waals surface area contributed by atoms with Crippen LogP contribution in [0, 0.1) is 0 Å². The second-order valence-electron chi connectivity index (χ2n) is 6.84. The van der Waals surface area contributed by atoms with Crippen molar-refractivity contribution >= 4 is 35.9 Å². The molecule has 2 aliphatic heterocycles. The lowest BCUT2D eigenvalue weighted by Crippen LogP contribution is -2.40. The molecule has 0 aliphatic carbocycles. The zero-order valence-corrected chi connectivity index (χ0v) is 15.2. The number of hydrogen-bond acceptors (Lipinski definition) is 7. The summed E-state index contributed by atoms with van der Waals surface area (Å²) in [6, 6.07) is 6.96. The summed E-state index contributed by atoms with van der Waals surface area (Å²) < 4.78 is 0. The Kier molecular flexibility index (Phi) is 4.71. The van der Waals surface area contributed by atoms with Crippen LogP contribution < -0.4 is 20.6 Å². The average molecular weight is 367 g/mol. The normalized spacial score (nSPS) is 18.8. The van der Waals surface area contributed by atoms with Gasteiger partial charge >= 0.3 is 7.12 Å². The molecule has 0 spiro atoms. The van der Waals surface area contributed by atoms with E-state index < -0.39 is 7.12 Å². The molecule has 9 heteroatoms. The summed E-state index contributed by atoms with van der Waals surface area (Å²) in [7, 11) is -1.58. The number of nitrogens with zero attached hydrogens (tertiary/aromatic N) is 4. The highest BCUT2D eigenvalue weighted by Gasteiger charge is 2.37. The van der Waals surface area contributed by atoms with Crippen LogP contribution in [0.3, 0.4) is 0 Å². The molecule has 3 N–H and O–H groups in total. The first-order valence-corrected chi connectivity index (χ1v) is 9.24. The minimum atomic E-state index is -1.58. The van der Waals surface area contributed by atoms with Gasteiger partial charge < -0.3 is 25.2 Å². The SMILES string of the molecule is CCNc1ncc2c(n1)N1CCC[C@H]1CN(c1cccc(B(O)O)c1)C2=O. The molecule has 140 valence electrons. The minimum absolute atomic E-state index is 0.169. The van der Waals surface area contributed by atoms with E-state index >= 15 is 0 Å². The highest BCUT2D eigenvalue weighted by Crippen LogP contribution is 2.33. The molecule has 8 nitrogen and oxygen atoms in total. The smallest absolute Gasteiger partial charge is 0.423 e. The highest BCUT2D eigenvalue weighted by atomic mass is 16.4. The lowest BCUT2D eigenvalue weighted by atomic mass is 9.80. The quantitative estimate of drug-likeness (QED) is 0.665. The van der Waals surface area contributed by atoms with Gasteiger partial charge in [0.2, 0.25) is 5.95 Å². The zero-order chi connectivity index (χ0) is 19.0. The number of nitrogens with one attached hydrogen (secondary N) is 1. The largest absolute Gasteiger partial charge is 0.488 e. The molecule has 0 saturated carbocycles. The third-order valence-corrected chi connectivity index (χ3v) is 5.10. The van der Waals surface area contributed by atoms with Gasteiger partial charge in [0.15, 0.2) is 0 Å². The van der Waals surface area contributed by atoms with Crippen molar-refractivity contribution in [1.82, 2.24) is 9.97 Å². The van der Waals surface area contributed by atoms with Crippen molar-refractivity contribution in [2.75, 3.05) is 34.8 Å². The molecule has 0 bridgehead atoms. The van der Waals surface area contributed by atoms with Gasteiger partial charge in [0.25, 0.3) is 5.91 Å². The van der Waals surface area contributed by atoms with Crippen molar-refractivity contribution in [3.05, 3.63) is 36.0 Å². The maximum Gasteiger partial charge on any atom is 0.488 e.